The number of hydrogen-bond donors (Lipinski definition) is 0. The summed E-state index contributed by atoms with van der Waals surface area (Å²) in [4.78, 5) is 0. The summed E-state index contributed by atoms with van der Waals surface area (Å²) in [5.74, 6) is 10.5. The quantitative estimate of drug-likeness (QED) is 0.407. The molecule has 182 valence electrons. The Morgan fingerprint density at radius 1 is 0.710 bits per heavy atom. The molecule has 4 aliphatic rings. The number of unbranched alkanes of at least 4 members (excludes halogenated alkanes) is 1. The van der Waals surface area contributed by atoms with E-state index in [9.17, 15) is 0 Å². The Morgan fingerprint density at radius 3 is 2.03 bits per heavy atom. The second-order valence-corrected chi connectivity index (χ2v) is 13.1. The first-order chi connectivity index (χ1) is 14.9. The maximum absolute atomic E-state index is 2.61. The van der Waals surface area contributed by atoms with E-state index in [2.05, 4.69) is 41.5 Å². The van der Waals surface area contributed by atoms with Crippen LogP contribution in [-0.2, 0) is 0 Å². The Labute approximate surface area is 197 Å². The van der Waals surface area contributed by atoms with E-state index >= 15 is 0 Å². The van der Waals surface area contributed by atoms with Gasteiger partial charge in [0.05, 0.1) is 0 Å². The van der Waals surface area contributed by atoms with E-state index in [1.54, 1.807) is 32.1 Å². The molecule has 4 rings (SSSR count). The molecule has 0 amide bonds. The zero-order valence-electron chi connectivity index (χ0n) is 22.4. The second kappa shape index (κ2) is 12.5. The van der Waals surface area contributed by atoms with Crippen molar-refractivity contribution in [3.05, 3.63) is 0 Å². The van der Waals surface area contributed by atoms with Gasteiger partial charge in [0.2, 0.25) is 0 Å². The third-order valence-electron chi connectivity index (χ3n) is 10.7. The number of rotatable bonds is 5. The first kappa shape index (κ1) is 25.6. The fourth-order valence-corrected chi connectivity index (χ4v) is 8.64. The molecule has 0 heteroatoms. The summed E-state index contributed by atoms with van der Waals surface area (Å²) in [6, 6.07) is 0. The fraction of sp³-hybridized carbons (Fsp3) is 1.00. The summed E-state index contributed by atoms with van der Waals surface area (Å²) >= 11 is 0. The normalized spacial score (nSPS) is 43.3. The molecule has 0 aliphatic heterocycles. The Hall–Kier alpha value is 0. The first-order valence-corrected chi connectivity index (χ1v) is 14.9. The minimum Gasteiger partial charge on any atom is -0.0654 e. The fourth-order valence-electron chi connectivity index (χ4n) is 8.64. The molecule has 0 radical (unpaired) electrons. The van der Waals surface area contributed by atoms with Crippen molar-refractivity contribution in [2.24, 2.45) is 59.2 Å². The van der Waals surface area contributed by atoms with Gasteiger partial charge in [0, 0.05) is 0 Å². The van der Waals surface area contributed by atoms with E-state index in [-0.39, 0.29) is 0 Å². The highest BCUT2D eigenvalue weighted by molar-refractivity contribution is 4.97. The molecule has 7 atom stereocenters. The van der Waals surface area contributed by atoms with Crippen molar-refractivity contribution in [1.82, 2.24) is 0 Å². The molecule has 31 heavy (non-hydrogen) atoms. The highest BCUT2D eigenvalue weighted by Crippen LogP contribution is 2.56. The van der Waals surface area contributed by atoms with Gasteiger partial charge in [0.1, 0.15) is 0 Å². The lowest BCUT2D eigenvalue weighted by atomic mass is 9.55. The van der Waals surface area contributed by atoms with Crippen LogP contribution in [0.3, 0.4) is 0 Å². The average Bonchev–Trinajstić information content (AvgIpc) is 3.21. The molecule has 0 aromatic heterocycles. The van der Waals surface area contributed by atoms with Gasteiger partial charge < -0.3 is 0 Å². The van der Waals surface area contributed by atoms with Gasteiger partial charge in [-0.15, -0.1) is 0 Å². The third kappa shape index (κ3) is 6.76. The Balaban J connectivity index is 0.000000229. The molecule has 0 aromatic rings. The standard InChI is InChI=1S/C21H38.C10H20/c1-4-5-11-19-16(3)14-17-10-8-13-20(17)21(19)18-12-7-6-9-15(18)2;1-8(2)10-6-4-9(3)5-7-10/h15-21H,4-14H2,1-3H3;8-10H,4-7H2,1-3H3. The topological polar surface area (TPSA) is 0 Å². The maximum atomic E-state index is 2.61. The minimum atomic E-state index is 0.924. The van der Waals surface area contributed by atoms with Crippen LogP contribution in [0.2, 0.25) is 0 Å². The van der Waals surface area contributed by atoms with Crippen molar-refractivity contribution >= 4 is 0 Å². The van der Waals surface area contributed by atoms with Crippen LogP contribution in [-0.4, -0.2) is 0 Å². The molecule has 4 fully saturated rings. The van der Waals surface area contributed by atoms with Gasteiger partial charge in [0.15, 0.2) is 0 Å². The van der Waals surface area contributed by atoms with Crippen LogP contribution >= 0.6 is 0 Å². The molecule has 0 saturated heterocycles. The van der Waals surface area contributed by atoms with Crippen molar-refractivity contribution in [3.8, 4) is 0 Å². The molecule has 0 spiro atoms. The monoisotopic (exact) mass is 430 g/mol. The molecule has 0 heterocycles. The van der Waals surface area contributed by atoms with Crippen LogP contribution in [0.25, 0.3) is 0 Å². The zero-order valence-corrected chi connectivity index (χ0v) is 22.4. The summed E-state index contributed by atoms with van der Waals surface area (Å²) in [5.41, 5.74) is 0. The summed E-state index contributed by atoms with van der Waals surface area (Å²) in [5, 5.41) is 0. The van der Waals surface area contributed by atoms with E-state index in [1.807, 2.05) is 0 Å². The second-order valence-electron chi connectivity index (χ2n) is 13.1. The Kier molecular flexibility index (Phi) is 10.3. The van der Waals surface area contributed by atoms with Gasteiger partial charge in [-0.25, -0.2) is 0 Å². The average molecular weight is 431 g/mol. The van der Waals surface area contributed by atoms with E-state index in [0.29, 0.717) is 0 Å². The van der Waals surface area contributed by atoms with Crippen molar-refractivity contribution < 1.29 is 0 Å². The Bertz CT molecular complexity index is 484. The summed E-state index contributed by atoms with van der Waals surface area (Å²) < 4.78 is 0. The molecule has 0 N–H and O–H groups in total. The van der Waals surface area contributed by atoms with Crippen LogP contribution in [0.1, 0.15) is 138 Å². The smallest absolute Gasteiger partial charge is 0.0321 e. The molecule has 7 unspecified atom stereocenters. The van der Waals surface area contributed by atoms with Gasteiger partial charge in [-0.2, -0.15) is 0 Å². The molecular formula is C31H58. The lowest BCUT2D eigenvalue weighted by molar-refractivity contribution is -0.0155. The van der Waals surface area contributed by atoms with Gasteiger partial charge in [-0.05, 0) is 97.7 Å². The maximum Gasteiger partial charge on any atom is -0.0321 e. The molecule has 0 nitrogen and oxygen atoms in total. The lowest BCUT2D eigenvalue weighted by Crippen LogP contribution is -2.43. The van der Waals surface area contributed by atoms with E-state index in [0.717, 1.165) is 59.2 Å². The minimum absolute atomic E-state index is 0.924. The van der Waals surface area contributed by atoms with Gasteiger partial charge >= 0.3 is 0 Å². The predicted octanol–water partition coefficient (Wildman–Crippen LogP) is 10.2. The molecular weight excluding hydrogens is 372 g/mol. The summed E-state index contributed by atoms with van der Waals surface area (Å²) in [7, 11) is 0. The molecule has 0 bridgehead atoms. The zero-order chi connectivity index (χ0) is 22.4. The van der Waals surface area contributed by atoms with E-state index in [1.165, 1.54) is 64.2 Å². The van der Waals surface area contributed by atoms with Crippen LogP contribution in [0.4, 0.5) is 0 Å². The van der Waals surface area contributed by atoms with Crippen molar-refractivity contribution in [2.45, 2.75) is 138 Å². The van der Waals surface area contributed by atoms with Crippen LogP contribution in [0, 0.1) is 59.2 Å². The number of fused-ring (bicyclic) bond motifs is 1. The van der Waals surface area contributed by atoms with Crippen LogP contribution < -0.4 is 0 Å². The Morgan fingerprint density at radius 2 is 1.39 bits per heavy atom. The van der Waals surface area contributed by atoms with Crippen molar-refractivity contribution in [1.29, 1.82) is 0 Å². The van der Waals surface area contributed by atoms with E-state index in [4.69, 9.17) is 0 Å². The molecule has 4 aliphatic carbocycles. The van der Waals surface area contributed by atoms with Gasteiger partial charge in [0.25, 0.3) is 0 Å². The van der Waals surface area contributed by atoms with Crippen molar-refractivity contribution in [3.63, 3.8) is 0 Å². The molecule has 4 saturated carbocycles. The van der Waals surface area contributed by atoms with Gasteiger partial charge in [-0.3, -0.25) is 0 Å². The summed E-state index contributed by atoms with van der Waals surface area (Å²) in [6.45, 7) is 14.7. The summed E-state index contributed by atoms with van der Waals surface area (Å²) in [6.07, 6.45) is 22.7. The predicted molar refractivity (Wildman–Crippen MR) is 138 cm³/mol. The van der Waals surface area contributed by atoms with Gasteiger partial charge in [-0.1, -0.05) is 99.3 Å². The molecule has 0 aromatic carbocycles. The highest BCUT2D eigenvalue weighted by atomic mass is 14.5. The SMILES string of the molecule is CC1CCC(C(C)C)CC1.CCCCC1C(C)CC2CCCC2C1C1CCCCC1C. The first-order valence-electron chi connectivity index (χ1n) is 14.9. The largest absolute Gasteiger partial charge is 0.0654 e. The number of hydrogen-bond acceptors (Lipinski definition) is 0. The van der Waals surface area contributed by atoms with E-state index < -0.39 is 0 Å². The highest BCUT2D eigenvalue weighted by Gasteiger charge is 2.48. The van der Waals surface area contributed by atoms with Crippen molar-refractivity contribution in [2.75, 3.05) is 0 Å². The van der Waals surface area contributed by atoms with Crippen LogP contribution in [0.15, 0.2) is 0 Å². The van der Waals surface area contributed by atoms with Crippen LogP contribution in [0.5, 0.6) is 0 Å². The lowest BCUT2D eigenvalue weighted by Gasteiger charge is -2.50. The third-order valence-corrected chi connectivity index (χ3v) is 10.7.